The van der Waals surface area contributed by atoms with Gasteiger partial charge in [0, 0.05) is 44.9 Å². The first-order valence-corrected chi connectivity index (χ1v) is 7.91. The number of methoxy groups -OCH3 is 1. The molecule has 0 aromatic heterocycles. The fourth-order valence-corrected chi connectivity index (χ4v) is 3.36. The summed E-state index contributed by atoms with van der Waals surface area (Å²) < 4.78 is 5.27. The molecule has 2 aliphatic rings. The highest BCUT2D eigenvalue weighted by atomic mass is 16.5. The lowest BCUT2D eigenvalue weighted by molar-refractivity contribution is 0.0121. The van der Waals surface area contributed by atoms with Crippen LogP contribution >= 0.6 is 0 Å². The molecule has 0 radical (unpaired) electrons. The molecule has 1 saturated carbocycles. The third-order valence-electron chi connectivity index (χ3n) is 4.88. The van der Waals surface area contributed by atoms with Gasteiger partial charge in [0.25, 0.3) is 0 Å². The number of hydrogen-bond donors (Lipinski definition) is 1. The van der Waals surface area contributed by atoms with E-state index in [1.807, 2.05) is 0 Å². The Morgan fingerprint density at radius 1 is 1.32 bits per heavy atom. The monoisotopic (exact) mass is 268 g/mol. The molecule has 0 amide bonds. The maximum Gasteiger partial charge on any atom is 0.0477 e. The maximum atomic E-state index is 5.27. The third kappa shape index (κ3) is 3.93. The summed E-state index contributed by atoms with van der Waals surface area (Å²) in [7, 11) is 1.80. The van der Waals surface area contributed by atoms with E-state index in [1.165, 1.54) is 19.4 Å². The second-order valence-corrected chi connectivity index (χ2v) is 7.56. The SMILES string of the molecule is COCCC(C)N1CC(C2CC2)NCC1C(C)(C)C. The maximum absolute atomic E-state index is 5.27. The Balaban J connectivity index is 2.01. The van der Waals surface area contributed by atoms with Crippen LogP contribution < -0.4 is 5.32 Å². The smallest absolute Gasteiger partial charge is 0.0477 e. The van der Waals surface area contributed by atoms with Crippen molar-refractivity contribution in [1.82, 2.24) is 10.2 Å². The van der Waals surface area contributed by atoms with Gasteiger partial charge in [-0.25, -0.2) is 0 Å². The zero-order valence-corrected chi connectivity index (χ0v) is 13.4. The van der Waals surface area contributed by atoms with Gasteiger partial charge in [-0.1, -0.05) is 20.8 Å². The minimum absolute atomic E-state index is 0.336. The molecule has 112 valence electrons. The Bertz CT molecular complexity index is 283. The van der Waals surface area contributed by atoms with E-state index in [0.29, 0.717) is 17.5 Å². The first-order chi connectivity index (χ1) is 8.93. The number of nitrogens with zero attached hydrogens (tertiary/aromatic N) is 1. The van der Waals surface area contributed by atoms with Crippen molar-refractivity contribution in [2.45, 2.75) is 65.1 Å². The zero-order valence-electron chi connectivity index (χ0n) is 13.4. The van der Waals surface area contributed by atoms with Crippen LogP contribution in [0, 0.1) is 11.3 Å². The summed E-state index contributed by atoms with van der Waals surface area (Å²) in [4.78, 5) is 2.75. The minimum atomic E-state index is 0.336. The molecule has 2 rings (SSSR count). The number of ether oxygens (including phenoxy) is 1. The number of piperazine rings is 1. The molecule has 1 aliphatic heterocycles. The van der Waals surface area contributed by atoms with E-state index < -0.39 is 0 Å². The van der Waals surface area contributed by atoms with Gasteiger partial charge in [-0.3, -0.25) is 4.90 Å². The highest BCUT2D eigenvalue weighted by molar-refractivity contribution is 4.98. The molecule has 19 heavy (non-hydrogen) atoms. The normalized spacial score (nSPS) is 31.4. The zero-order chi connectivity index (χ0) is 14.0. The fourth-order valence-electron chi connectivity index (χ4n) is 3.36. The molecule has 3 heteroatoms. The average Bonchev–Trinajstić information content (AvgIpc) is 3.18. The molecular weight excluding hydrogens is 236 g/mol. The van der Waals surface area contributed by atoms with Gasteiger partial charge in [-0.05, 0) is 37.5 Å². The number of hydrogen-bond acceptors (Lipinski definition) is 3. The molecule has 1 N–H and O–H groups in total. The first-order valence-electron chi connectivity index (χ1n) is 7.91. The van der Waals surface area contributed by atoms with E-state index in [9.17, 15) is 0 Å². The predicted octanol–water partition coefficient (Wildman–Crippen LogP) is 2.51. The van der Waals surface area contributed by atoms with Crippen molar-refractivity contribution in [3.63, 3.8) is 0 Å². The minimum Gasteiger partial charge on any atom is -0.385 e. The average molecular weight is 268 g/mol. The van der Waals surface area contributed by atoms with Crippen LogP contribution in [0.2, 0.25) is 0 Å². The van der Waals surface area contributed by atoms with Gasteiger partial charge in [0.2, 0.25) is 0 Å². The van der Waals surface area contributed by atoms with Gasteiger partial charge in [0.1, 0.15) is 0 Å². The Morgan fingerprint density at radius 2 is 2.00 bits per heavy atom. The summed E-state index contributed by atoms with van der Waals surface area (Å²) in [5.41, 5.74) is 0.336. The van der Waals surface area contributed by atoms with Crippen molar-refractivity contribution >= 4 is 0 Å². The van der Waals surface area contributed by atoms with E-state index in [-0.39, 0.29) is 0 Å². The Hall–Kier alpha value is -0.120. The largest absolute Gasteiger partial charge is 0.385 e. The van der Waals surface area contributed by atoms with Crippen LogP contribution in [0.5, 0.6) is 0 Å². The van der Waals surface area contributed by atoms with E-state index >= 15 is 0 Å². The molecule has 0 bridgehead atoms. The molecular formula is C16H32N2O. The number of nitrogens with one attached hydrogen (secondary N) is 1. The molecule has 0 aromatic rings. The van der Waals surface area contributed by atoms with Gasteiger partial charge in [0.15, 0.2) is 0 Å². The van der Waals surface area contributed by atoms with Crippen LogP contribution in [-0.2, 0) is 4.74 Å². The lowest BCUT2D eigenvalue weighted by atomic mass is 9.82. The Kier molecular flexibility index (Phi) is 4.91. The van der Waals surface area contributed by atoms with Crippen LogP contribution in [0.1, 0.15) is 47.0 Å². The van der Waals surface area contributed by atoms with Gasteiger partial charge in [0.05, 0.1) is 0 Å². The van der Waals surface area contributed by atoms with Crippen LogP contribution in [0.3, 0.4) is 0 Å². The molecule has 1 saturated heterocycles. The van der Waals surface area contributed by atoms with Crippen molar-refractivity contribution in [3.8, 4) is 0 Å². The highest BCUT2D eigenvalue weighted by Crippen LogP contribution is 2.37. The topological polar surface area (TPSA) is 24.5 Å². The van der Waals surface area contributed by atoms with Gasteiger partial charge in [-0.15, -0.1) is 0 Å². The molecule has 0 spiro atoms. The predicted molar refractivity (Wildman–Crippen MR) is 80.4 cm³/mol. The third-order valence-corrected chi connectivity index (χ3v) is 4.88. The summed E-state index contributed by atoms with van der Waals surface area (Å²) >= 11 is 0. The van der Waals surface area contributed by atoms with Gasteiger partial charge < -0.3 is 10.1 Å². The van der Waals surface area contributed by atoms with E-state index in [4.69, 9.17) is 4.74 Å². The molecule has 1 aliphatic carbocycles. The Labute approximate surface area is 119 Å². The lowest BCUT2D eigenvalue weighted by Crippen LogP contribution is -2.63. The highest BCUT2D eigenvalue weighted by Gasteiger charge is 2.41. The molecule has 3 nitrogen and oxygen atoms in total. The molecule has 1 heterocycles. The summed E-state index contributed by atoms with van der Waals surface area (Å²) in [6.07, 6.45) is 4.00. The van der Waals surface area contributed by atoms with Crippen LogP contribution in [-0.4, -0.2) is 49.8 Å². The number of rotatable bonds is 5. The second kappa shape index (κ2) is 6.11. The van der Waals surface area contributed by atoms with Crippen molar-refractivity contribution in [3.05, 3.63) is 0 Å². The summed E-state index contributed by atoms with van der Waals surface area (Å²) in [6, 6.07) is 1.98. The summed E-state index contributed by atoms with van der Waals surface area (Å²) in [5, 5.41) is 3.81. The summed E-state index contributed by atoms with van der Waals surface area (Å²) in [6.45, 7) is 12.7. The van der Waals surface area contributed by atoms with Crippen molar-refractivity contribution in [1.29, 1.82) is 0 Å². The molecule has 2 fully saturated rings. The molecule has 3 atom stereocenters. The first kappa shape index (κ1) is 15.3. The van der Waals surface area contributed by atoms with Crippen molar-refractivity contribution < 1.29 is 4.74 Å². The fraction of sp³-hybridized carbons (Fsp3) is 1.00. The van der Waals surface area contributed by atoms with E-state index in [1.54, 1.807) is 7.11 Å². The second-order valence-electron chi connectivity index (χ2n) is 7.56. The quantitative estimate of drug-likeness (QED) is 0.829. The van der Waals surface area contributed by atoms with Crippen molar-refractivity contribution in [2.75, 3.05) is 26.8 Å². The van der Waals surface area contributed by atoms with Crippen LogP contribution in [0.25, 0.3) is 0 Å². The van der Waals surface area contributed by atoms with E-state index in [2.05, 4.69) is 37.9 Å². The van der Waals surface area contributed by atoms with Crippen LogP contribution in [0.4, 0.5) is 0 Å². The standard InChI is InChI=1S/C16H32N2O/c1-12(8-9-19-5)18-11-14(13-6-7-13)17-10-15(18)16(2,3)4/h12-15,17H,6-11H2,1-5H3. The summed E-state index contributed by atoms with van der Waals surface area (Å²) in [5.74, 6) is 0.943. The van der Waals surface area contributed by atoms with Gasteiger partial charge >= 0.3 is 0 Å². The van der Waals surface area contributed by atoms with Gasteiger partial charge in [-0.2, -0.15) is 0 Å². The van der Waals surface area contributed by atoms with Crippen LogP contribution in [0.15, 0.2) is 0 Å². The molecule has 3 unspecified atom stereocenters. The lowest BCUT2D eigenvalue weighted by Gasteiger charge is -2.49. The van der Waals surface area contributed by atoms with Crippen molar-refractivity contribution in [2.24, 2.45) is 11.3 Å². The molecule has 0 aromatic carbocycles. The van der Waals surface area contributed by atoms with E-state index in [0.717, 1.165) is 31.5 Å². The Morgan fingerprint density at radius 3 is 2.53 bits per heavy atom.